The van der Waals surface area contributed by atoms with E-state index in [1.165, 1.54) is 39.3 Å². The Labute approximate surface area is 92.2 Å². The van der Waals surface area contributed by atoms with E-state index in [4.69, 9.17) is 5.11 Å². The van der Waals surface area contributed by atoms with Crippen LogP contribution < -0.4 is 5.32 Å². The number of rotatable bonds is 4. The number of nitrogens with one attached hydrogen (secondary N) is 1. The van der Waals surface area contributed by atoms with Gasteiger partial charge in [-0.05, 0) is 5.92 Å². The van der Waals surface area contributed by atoms with E-state index < -0.39 is 0 Å². The predicted molar refractivity (Wildman–Crippen MR) is 60.9 cm³/mol. The van der Waals surface area contributed by atoms with Gasteiger partial charge in [-0.1, -0.05) is 6.92 Å². The number of nitrogens with zero attached hydrogens (tertiary/aromatic N) is 2. The Morgan fingerprint density at radius 1 is 1.27 bits per heavy atom. The smallest absolute Gasteiger partial charge is 0.0468 e. The number of hydrogen-bond acceptors (Lipinski definition) is 4. The molecule has 4 heteroatoms. The molecule has 2 fully saturated rings. The summed E-state index contributed by atoms with van der Waals surface area (Å²) in [7, 11) is 0. The van der Waals surface area contributed by atoms with Crippen molar-refractivity contribution in [2.45, 2.75) is 13.0 Å². The number of aliphatic hydroxyl groups is 1. The molecule has 1 unspecified atom stereocenters. The van der Waals surface area contributed by atoms with Gasteiger partial charge in [-0.25, -0.2) is 0 Å². The second kappa shape index (κ2) is 5.25. The van der Waals surface area contributed by atoms with Crippen molar-refractivity contribution in [2.24, 2.45) is 5.92 Å². The Morgan fingerprint density at radius 3 is 2.40 bits per heavy atom. The normalized spacial score (nSPS) is 27.6. The molecule has 0 radical (unpaired) electrons. The fraction of sp³-hybridized carbons (Fsp3) is 1.00. The maximum atomic E-state index is 9.01. The summed E-state index contributed by atoms with van der Waals surface area (Å²) in [6.45, 7) is 10.6. The second-order valence-corrected chi connectivity index (χ2v) is 4.94. The van der Waals surface area contributed by atoms with Gasteiger partial charge in [0.1, 0.15) is 0 Å². The van der Waals surface area contributed by atoms with Gasteiger partial charge >= 0.3 is 0 Å². The highest BCUT2D eigenvalue weighted by Crippen LogP contribution is 2.10. The standard InChI is InChI=1S/C11H23N3O/c1-10(9-15)8-13-2-4-14(5-3-13)11-6-12-7-11/h10-12,15H,2-9H2,1H3. The second-order valence-electron chi connectivity index (χ2n) is 4.94. The molecule has 0 aliphatic carbocycles. The summed E-state index contributed by atoms with van der Waals surface area (Å²) in [5, 5.41) is 12.3. The SMILES string of the molecule is CC(CO)CN1CCN(C2CNC2)CC1. The molecule has 2 saturated heterocycles. The molecule has 0 amide bonds. The molecule has 2 aliphatic rings. The van der Waals surface area contributed by atoms with Crippen LogP contribution in [0.4, 0.5) is 0 Å². The van der Waals surface area contributed by atoms with Crippen molar-refractivity contribution in [2.75, 3.05) is 52.4 Å². The molecule has 0 aromatic rings. The zero-order chi connectivity index (χ0) is 10.7. The largest absolute Gasteiger partial charge is 0.396 e. The van der Waals surface area contributed by atoms with Crippen LogP contribution in [0.15, 0.2) is 0 Å². The molecule has 4 nitrogen and oxygen atoms in total. The quantitative estimate of drug-likeness (QED) is 0.641. The van der Waals surface area contributed by atoms with Crippen LogP contribution in [0.2, 0.25) is 0 Å². The van der Waals surface area contributed by atoms with Crippen LogP contribution in [0.5, 0.6) is 0 Å². The summed E-state index contributed by atoms with van der Waals surface area (Å²) in [6.07, 6.45) is 0. The Balaban J connectivity index is 1.67. The van der Waals surface area contributed by atoms with Crippen molar-refractivity contribution in [3.05, 3.63) is 0 Å². The first-order valence-electron chi connectivity index (χ1n) is 6.07. The van der Waals surface area contributed by atoms with Gasteiger partial charge in [-0.2, -0.15) is 0 Å². The highest BCUT2D eigenvalue weighted by molar-refractivity contribution is 4.87. The molecular formula is C11H23N3O. The van der Waals surface area contributed by atoms with Gasteiger partial charge in [0.25, 0.3) is 0 Å². The van der Waals surface area contributed by atoms with Crippen LogP contribution in [0.3, 0.4) is 0 Å². The van der Waals surface area contributed by atoms with Crippen LogP contribution in [0.1, 0.15) is 6.92 Å². The van der Waals surface area contributed by atoms with Gasteiger partial charge in [-0.15, -0.1) is 0 Å². The first kappa shape index (κ1) is 11.3. The van der Waals surface area contributed by atoms with E-state index in [1.807, 2.05) is 0 Å². The Kier molecular flexibility index (Phi) is 3.97. The van der Waals surface area contributed by atoms with E-state index in [2.05, 4.69) is 22.0 Å². The van der Waals surface area contributed by atoms with Crippen LogP contribution in [0.25, 0.3) is 0 Å². The summed E-state index contributed by atoms with van der Waals surface area (Å²) in [6, 6.07) is 0.794. The Morgan fingerprint density at radius 2 is 1.93 bits per heavy atom. The third kappa shape index (κ3) is 2.91. The van der Waals surface area contributed by atoms with E-state index in [0.29, 0.717) is 12.5 Å². The average Bonchev–Trinajstić information content (AvgIpc) is 2.18. The number of piperazine rings is 1. The van der Waals surface area contributed by atoms with Gasteiger partial charge in [0.05, 0.1) is 0 Å². The fourth-order valence-corrected chi connectivity index (χ4v) is 2.34. The lowest BCUT2D eigenvalue weighted by atomic mass is 10.1. The maximum Gasteiger partial charge on any atom is 0.0468 e. The molecule has 0 saturated carbocycles. The van der Waals surface area contributed by atoms with E-state index >= 15 is 0 Å². The molecular weight excluding hydrogens is 190 g/mol. The van der Waals surface area contributed by atoms with Crippen molar-refractivity contribution < 1.29 is 5.11 Å². The van der Waals surface area contributed by atoms with Crippen LogP contribution >= 0.6 is 0 Å². The summed E-state index contributed by atoms with van der Waals surface area (Å²) >= 11 is 0. The molecule has 15 heavy (non-hydrogen) atoms. The highest BCUT2D eigenvalue weighted by atomic mass is 16.3. The molecule has 0 bridgehead atoms. The lowest BCUT2D eigenvalue weighted by molar-refractivity contribution is 0.0608. The first-order valence-corrected chi connectivity index (χ1v) is 6.07. The van der Waals surface area contributed by atoms with Crippen molar-refractivity contribution in [1.29, 1.82) is 0 Å². The molecule has 88 valence electrons. The zero-order valence-electron chi connectivity index (χ0n) is 9.65. The minimum absolute atomic E-state index is 0.312. The molecule has 2 aliphatic heterocycles. The minimum atomic E-state index is 0.312. The number of aliphatic hydroxyl groups excluding tert-OH is 1. The molecule has 2 N–H and O–H groups in total. The van der Waals surface area contributed by atoms with Gasteiger partial charge in [0.2, 0.25) is 0 Å². The first-order chi connectivity index (χ1) is 7.29. The lowest BCUT2D eigenvalue weighted by Gasteiger charge is -2.43. The molecule has 2 rings (SSSR count). The summed E-state index contributed by atoms with van der Waals surface area (Å²) < 4.78 is 0. The van der Waals surface area contributed by atoms with Crippen molar-refractivity contribution in [3.8, 4) is 0 Å². The molecule has 0 aromatic carbocycles. The van der Waals surface area contributed by atoms with Crippen LogP contribution in [0, 0.1) is 5.92 Å². The fourth-order valence-electron chi connectivity index (χ4n) is 2.34. The minimum Gasteiger partial charge on any atom is -0.396 e. The molecule has 0 aromatic heterocycles. The molecule has 0 spiro atoms. The van der Waals surface area contributed by atoms with Gasteiger partial charge in [-0.3, -0.25) is 4.90 Å². The summed E-state index contributed by atoms with van der Waals surface area (Å²) in [5.41, 5.74) is 0. The molecule has 2 heterocycles. The highest BCUT2D eigenvalue weighted by Gasteiger charge is 2.27. The van der Waals surface area contributed by atoms with Gasteiger partial charge in [0.15, 0.2) is 0 Å². The number of hydrogen-bond donors (Lipinski definition) is 2. The summed E-state index contributed by atoms with van der Waals surface area (Å²) in [5.74, 6) is 0.418. The Bertz CT molecular complexity index is 188. The topological polar surface area (TPSA) is 38.7 Å². The van der Waals surface area contributed by atoms with E-state index in [9.17, 15) is 0 Å². The van der Waals surface area contributed by atoms with Crippen LogP contribution in [-0.2, 0) is 0 Å². The van der Waals surface area contributed by atoms with Crippen LogP contribution in [-0.4, -0.2) is 73.4 Å². The van der Waals surface area contributed by atoms with Crippen molar-refractivity contribution >= 4 is 0 Å². The van der Waals surface area contributed by atoms with E-state index in [1.54, 1.807) is 0 Å². The van der Waals surface area contributed by atoms with Crippen molar-refractivity contribution in [1.82, 2.24) is 15.1 Å². The lowest BCUT2D eigenvalue weighted by Crippen LogP contribution is -2.61. The average molecular weight is 213 g/mol. The third-order valence-corrected chi connectivity index (χ3v) is 3.56. The van der Waals surface area contributed by atoms with Gasteiger partial charge in [0, 0.05) is 58.5 Å². The van der Waals surface area contributed by atoms with Crippen molar-refractivity contribution in [3.63, 3.8) is 0 Å². The predicted octanol–water partition coefficient (Wildman–Crippen LogP) is -0.796. The zero-order valence-corrected chi connectivity index (χ0v) is 9.65. The van der Waals surface area contributed by atoms with Gasteiger partial charge < -0.3 is 15.3 Å². The summed E-state index contributed by atoms with van der Waals surface area (Å²) in [4.78, 5) is 5.07. The monoisotopic (exact) mass is 213 g/mol. The van der Waals surface area contributed by atoms with E-state index in [-0.39, 0.29) is 0 Å². The Hall–Kier alpha value is -0.160. The van der Waals surface area contributed by atoms with E-state index in [0.717, 1.165) is 12.6 Å². The third-order valence-electron chi connectivity index (χ3n) is 3.56. The molecule has 1 atom stereocenters. The maximum absolute atomic E-state index is 9.01.